The van der Waals surface area contributed by atoms with E-state index in [1.54, 1.807) is 18.2 Å². The molecule has 1 heterocycles. The van der Waals surface area contributed by atoms with Gasteiger partial charge in [0.05, 0.1) is 0 Å². The highest BCUT2D eigenvalue weighted by Crippen LogP contribution is 2.34. The van der Waals surface area contributed by atoms with Gasteiger partial charge in [-0.25, -0.2) is 0 Å². The summed E-state index contributed by atoms with van der Waals surface area (Å²) in [6.07, 6.45) is 0.171. The van der Waals surface area contributed by atoms with E-state index in [1.807, 2.05) is 0 Å². The average Bonchev–Trinajstić information content (AvgIpc) is 3.21. The van der Waals surface area contributed by atoms with E-state index in [9.17, 15) is 19.7 Å². The molecule has 1 fully saturated rings. The Morgan fingerprint density at radius 1 is 1.35 bits per heavy atom. The highest BCUT2D eigenvalue weighted by molar-refractivity contribution is 5.82. The van der Waals surface area contributed by atoms with E-state index in [1.165, 1.54) is 0 Å². The molecule has 3 rings (SSSR count). The van der Waals surface area contributed by atoms with Gasteiger partial charge >= 0.3 is 5.97 Å². The third kappa shape index (κ3) is 3.50. The molecule has 1 saturated carbocycles. The molecule has 0 radical (unpaired) electrons. The van der Waals surface area contributed by atoms with E-state index in [0.717, 1.165) is 5.56 Å². The van der Waals surface area contributed by atoms with Gasteiger partial charge < -0.3 is 19.5 Å². The predicted octanol–water partition coefficient (Wildman–Crippen LogP) is 0.240. The predicted molar refractivity (Wildman–Crippen MR) is 74.3 cm³/mol. The fraction of sp³-hybridized carbons (Fsp3) is 0.429. The van der Waals surface area contributed by atoms with E-state index < -0.39 is 35.4 Å². The Hall–Kier alpha value is -2.84. The van der Waals surface area contributed by atoms with Crippen LogP contribution in [0.2, 0.25) is 0 Å². The van der Waals surface area contributed by atoms with Crippen LogP contribution in [0.4, 0.5) is 0 Å². The van der Waals surface area contributed by atoms with Crippen molar-refractivity contribution in [2.45, 2.75) is 19.0 Å². The zero-order valence-electron chi connectivity index (χ0n) is 12.0. The molecule has 9 nitrogen and oxygen atoms in total. The van der Waals surface area contributed by atoms with Gasteiger partial charge in [0, 0.05) is 17.9 Å². The normalized spacial score (nSPS) is 20.7. The summed E-state index contributed by atoms with van der Waals surface area (Å²) < 4.78 is 15.2. The second-order valence-electron chi connectivity index (χ2n) is 5.27. The van der Waals surface area contributed by atoms with Gasteiger partial charge in [-0.1, -0.05) is 6.07 Å². The molecule has 0 saturated heterocycles. The fourth-order valence-electron chi connectivity index (χ4n) is 2.21. The summed E-state index contributed by atoms with van der Waals surface area (Å²) >= 11 is 0. The summed E-state index contributed by atoms with van der Waals surface area (Å²) in [4.78, 5) is 33.1. The minimum absolute atomic E-state index is 0.171. The minimum atomic E-state index is -0.876. The van der Waals surface area contributed by atoms with Crippen LogP contribution in [-0.4, -0.2) is 36.2 Å². The number of nitro groups is 1. The second kappa shape index (κ2) is 6.11. The van der Waals surface area contributed by atoms with E-state index in [-0.39, 0.29) is 19.8 Å². The van der Waals surface area contributed by atoms with Crippen molar-refractivity contribution in [3.63, 3.8) is 0 Å². The average molecular weight is 322 g/mol. The first-order valence-corrected chi connectivity index (χ1v) is 7.00. The molecule has 9 heteroatoms. The Balaban J connectivity index is 1.40. The Morgan fingerprint density at radius 2 is 2.13 bits per heavy atom. The van der Waals surface area contributed by atoms with Crippen molar-refractivity contribution in [2.75, 3.05) is 13.4 Å². The SMILES string of the molecule is O=C(COC(=O)C1CC1[N+](=O)[O-])NCc1ccc2c(c1)OCO2. The van der Waals surface area contributed by atoms with Gasteiger partial charge in [-0.2, -0.15) is 0 Å². The molecule has 23 heavy (non-hydrogen) atoms. The van der Waals surface area contributed by atoms with Crippen molar-refractivity contribution < 1.29 is 28.7 Å². The molecule has 2 aliphatic rings. The monoisotopic (exact) mass is 322 g/mol. The summed E-state index contributed by atoms with van der Waals surface area (Å²) in [5, 5.41) is 13.0. The highest BCUT2D eigenvalue weighted by atomic mass is 16.7. The lowest BCUT2D eigenvalue weighted by Crippen LogP contribution is -2.29. The van der Waals surface area contributed by atoms with Gasteiger partial charge in [0.2, 0.25) is 12.8 Å². The maximum absolute atomic E-state index is 11.6. The van der Waals surface area contributed by atoms with Crippen LogP contribution in [0.5, 0.6) is 11.5 Å². The third-order valence-corrected chi connectivity index (χ3v) is 3.60. The number of carbonyl (C=O) groups excluding carboxylic acids is 2. The van der Waals surface area contributed by atoms with Crippen LogP contribution >= 0.6 is 0 Å². The summed E-state index contributed by atoms with van der Waals surface area (Å²) in [6, 6.07) is 4.40. The number of hydrogen-bond donors (Lipinski definition) is 1. The molecule has 1 aliphatic carbocycles. The highest BCUT2D eigenvalue weighted by Gasteiger charge is 2.54. The van der Waals surface area contributed by atoms with E-state index in [0.29, 0.717) is 11.5 Å². The Bertz CT molecular complexity index is 661. The van der Waals surface area contributed by atoms with Crippen LogP contribution in [0.1, 0.15) is 12.0 Å². The van der Waals surface area contributed by atoms with Gasteiger partial charge in [-0.15, -0.1) is 0 Å². The number of carbonyl (C=O) groups is 2. The lowest BCUT2D eigenvalue weighted by molar-refractivity contribution is -0.497. The van der Waals surface area contributed by atoms with Crippen molar-refractivity contribution in [1.82, 2.24) is 5.32 Å². The molecule has 1 N–H and O–H groups in total. The molecule has 1 aromatic rings. The van der Waals surface area contributed by atoms with Crippen LogP contribution in [0.15, 0.2) is 18.2 Å². The van der Waals surface area contributed by atoms with Crippen molar-refractivity contribution in [1.29, 1.82) is 0 Å². The second-order valence-corrected chi connectivity index (χ2v) is 5.27. The topological polar surface area (TPSA) is 117 Å². The molecular weight excluding hydrogens is 308 g/mol. The number of fused-ring (bicyclic) bond motifs is 1. The summed E-state index contributed by atoms with van der Waals surface area (Å²) in [6.45, 7) is -0.0360. The van der Waals surface area contributed by atoms with Crippen molar-refractivity contribution in [2.24, 2.45) is 5.92 Å². The fourth-order valence-corrected chi connectivity index (χ4v) is 2.21. The number of amides is 1. The summed E-state index contributed by atoms with van der Waals surface area (Å²) in [5.74, 6) is -0.646. The quantitative estimate of drug-likeness (QED) is 0.453. The van der Waals surface area contributed by atoms with Crippen molar-refractivity contribution in [3.8, 4) is 11.5 Å². The minimum Gasteiger partial charge on any atom is -0.455 e. The molecule has 1 aromatic carbocycles. The molecule has 2 atom stereocenters. The van der Waals surface area contributed by atoms with Gasteiger partial charge in [0.1, 0.15) is 5.92 Å². The molecule has 0 spiro atoms. The number of hydrogen-bond acceptors (Lipinski definition) is 7. The molecule has 122 valence electrons. The smallest absolute Gasteiger partial charge is 0.316 e. The molecular formula is C14H14N2O7. The number of esters is 1. The first kappa shape index (κ1) is 15.1. The van der Waals surface area contributed by atoms with Crippen LogP contribution in [0.3, 0.4) is 0 Å². The summed E-state index contributed by atoms with van der Waals surface area (Å²) in [5.41, 5.74) is 0.810. The largest absolute Gasteiger partial charge is 0.455 e. The van der Waals surface area contributed by atoms with Crippen LogP contribution in [0.25, 0.3) is 0 Å². The van der Waals surface area contributed by atoms with Crippen LogP contribution in [0, 0.1) is 16.0 Å². The van der Waals surface area contributed by atoms with Gasteiger partial charge in [0.25, 0.3) is 5.91 Å². The molecule has 0 aromatic heterocycles. The lowest BCUT2D eigenvalue weighted by atomic mass is 10.2. The maximum atomic E-state index is 11.6. The summed E-state index contributed by atoms with van der Waals surface area (Å²) in [7, 11) is 0. The molecule has 1 aliphatic heterocycles. The van der Waals surface area contributed by atoms with E-state index in [4.69, 9.17) is 14.2 Å². The standard InChI is InChI=1S/C14H14N2O7/c17-13(6-21-14(18)9-4-10(9)16(19)20)15-5-8-1-2-11-12(3-8)23-7-22-11/h1-3,9-10H,4-7H2,(H,15,17). The van der Waals surface area contributed by atoms with Gasteiger partial charge in [-0.05, 0) is 17.7 Å². The number of nitrogens with one attached hydrogen (secondary N) is 1. The molecule has 1 amide bonds. The Kier molecular flexibility index (Phi) is 4.00. The number of ether oxygens (including phenoxy) is 3. The van der Waals surface area contributed by atoms with Crippen LogP contribution < -0.4 is 14.8 Å². The number of benzene rings is 1. The van der Waals surface area contributed by atoms with Crippen molar-refractivity contribution in [3.05, 3.63) is 33.9 Å². The number of nitrogens with zero attached hydrogens (tertiary/aromatic N) is 1. The van der Waals surface area contributed by atoms with Crippen molar-refractivity contribution >= 4 is 11.9 Å². The first-order valence-electron chi connectivity index (χ1n) is 7.00. The zero-order chi connectivity index (χ0) is 16.4. The van der Waals surface area contributed by atoms with E-state index >= 15 is 0 Å². The van der Waals surface area contributed by atoms with E-state index in [2.05, 4.69) is 5.32 Å². The third-order valence-electron chi connectivity index (χ3n) is 3.60. The first-order chi connectivity index (χ1) is 11.0. The van der Waals surface area contributed by atoms with Gasteiger partial charge in [0.15, 0.2) is 18.1 Å². The zero-order valence-corrected chi connectivity index (χ0v) is 12.0. The lowest BCUT2D eigenvalue weighted by Gasteiger charge is -2.07. The molecule has 0 bridgehead atoms. The Morgan fingerprint density at radius 3 is 2.87 bits per heavy atom. The van der Waals surface area contributed by atoms with Crippen LogP contribution in [-0.2, 0) is 20.9 Å². The molecule has 2 unspecified atom stereocenters. The maximum Gasteiger partial charge on any atom is 0.316 e. The Labute approximate surface area is 130 Å². The number of rotatable bonds is 6. The van der Waals surface area contributed by atoms with Gasteiger partial charge in [-0.3, -0.25) is 19.7 Å².